The largest absolute Gasteiger partial charge is 0.444 e. The summed E-state index contributed by atoms with van der Waals surface area (Å²) in [5.74, 6) is 1.26. The Morgan fingerprint density at radius 1 is 1.26 bits per heavy atom. The van der Waals surface area contributed by atoms with E-state index in [4.69, 9.17) is 4.74 Å². The van der Waals surface area contributed by atoms with Gasteiger partial charge < -0.3 is 25.2 Å². The second-order valence-electron chi connectivity index (χ2n) is 9.16. The van der Waals surface area contributed by atoms with Gasteiger partial charge in [0.15, 0.2) is 5.96 Å². The number of nitrogens with one attached hydrogen (secondary N) is 2. The van der Waals surface area contributed by atoms with Crippen LogP contribution in [0.4, 0.5) is 4.79 Å². The number of likely N-dealkylation sites (tertiary alicyclic amines) is 1. The second kappa shape index (κ2) is 15.5. The van der Waals surface area contributed by atoms with Crippen molar-refractivity contribution in [2.45, 2.75) is 72.3 Å². The molecule has 182 valence electrons. The van der Waals surface area contributed by atoms with Gasteiger partial charge in [-0.1, -0.05) is 13.3 Å². The highest BCUT2D eigenvalue weighted by atomic mass is 127. The Hall–Kier alpha value is -1.26. The SMILES string of the molecule is CCNC(=NCC(C)CN(C)C(=O)OC(C)(C)C)NCCCN1CCCCCC1=O.I. The summed E-state index contributed by atoms with van der Waals surface area (Å²) >= 11 is 0. The number of guanidine groups is 1. The molecule has 8 nitrogen and oxygen atoms in total. The summed E-state index contributed by atoms with van der Waals surface area (Å²) in [6.07, 6.45) is 4.55. The van der Waals surface area contributed by atoms with E-state index in [1.165, 1.54) is 0 Å². The van der Waals surface area contributed by atoms with E-state index in [1.54, 1.807) is 11.9 Å². The number of hydrogen-bond donors (Lipinski definition) is 2. The lowest BCUT2D eigenvalue weighted by molar-refractivity contribution is -0.130. The number of carbonyl (C=O) groups is 2. The van der Waals surface area contributed by atoms with Gasteiger partial charge in [0.2, 0.25) is 5.91 Å². The van der Waals surface area contributed by atoms with Crippen LogP contribution in [0.5, 0.6) is 0 Å². The van der Waals surface area contributed by atoms with Gasteiger partial charge in [0.1, 0.15) is 5.60 Å². The second-order valence-corrected chi connectivity index (χ2v) is 9.16. The van der Waals surface area contributed by atoms with Crippen molar-refractivity contribution in [1.82, 2.24) is 20.4 Å². The van der Waals surface area contributed by atoms with E-state index in [0.717, 1.165) is 57.8 Å². The van der Waals surface area contributed by atoms with Crippen LogP contribution in [0.1, 0.15) is 66.7 Å². The molecule has 2 N–H and O–H groups in total. The van der Waals surface area contributed by atoms with E-state index in [-0.39, 0.29) is 41.9 Å². The average Bonchev–Trinajstić information content (AvgIpc) is 2.85. The number of carbonyl (C=O) groups excluding carboxylic acids is 2. The third kappa shape index (κ3) is 13.7. The van der Waals surface area contributed by atoms with Crippen molar-refractivity contribution >= 4 is 41.9 Å². The van der Waals surface area contributed by atoms with Gasteiger partial charge in [0.05, 0.1) is 0 Å². The van der Waals surface area contributed by atoms with Gasteiger partial charge in [-0.15, -0.1) is 24.0 Å². The van der Waals surface area contributed by atoms with Crippen LogP contribution in [0.25, 0.3) is 0 Å². The number of ether oxygens (including phenoxy) is 1. The number of aliphatic imine (C=N–C) groups is 1. The summed E-state index contributed by atoms with van der Waals surface area (Å²) in [7, 11) is 1.75. The van der Waals surface area contributed by atoms with Crippen LogP contribution in [0.15, 0.2) is 4.99 Å². The molecular weight excluding hydrogens is 509 g/mol. The molecule has 0 saturated carbocycles. The van der Waals surface area contributed by atoms with Crippen LogP contribution in [-0.2, 0) is 9.53 Å². The summed E-state index contributed by atoms with van der Waals surface area (Å²) in [6.45, 7) is 14.1. The molecule has 0 radical (unpaired) electrons. The predicted molar refractivity (Wildman–Crippen MR) is 137 cm³/mol. The van der Waals surface area contributed by atoms with Gasteiger partial charge in [-0.25, -0.2) is 4.79 Å². The molecule has 1 atom stereocenters. The Kier molecular flexibility index (Phi) is 14.9. The van der Waals surface area contributed by atoms with Gasteiger partial charge in [-0.3, -0.25) is 9.79 Å². The maximum absolute atomic E-state index is 12.1. The van der Waals surface area contributed by atoms with Crippen molar-refractivity contribution in [3.05, 3.63) is 0 Å². The van der Waals surface area contributed by atoms with Crippen LogP contribution in [0, 0.1) is 5.92 Å². The van der Waals surface area contributed by atoms with Crippen LogP contribution in [0.2, 0.25) is 0 Å². The van der Waals surface area contributed by atoms with Gasteiger partial charge in [0, 0.05) is 52.7 Å². The first-order valence-corrected chi connectivity index (χ1v) is 11.4. The van der Waals surface area contributed by atoms with E-state index in [9.17, 15) is 9.59 Å². The van der Waals surface area contributed by atoms with Crippen LogP contribution < -0.4 is 10.6 Å². The molecule has 0 bridgehead atoms. The molecule has 0 aromatic heterocycles. The average molecular weight is 554 g/mol. The third-order valence-electron chi connectivity index (χ3n) is 4.76. The van der Waals surface area contributed by atoms with Crippen LogP contribution >= 0.6 is 24.0 Å². The maximum atomic E-state index is 12.1. The topological polar surface area (TPSA) is 86.3 Å². The van der Waals surface area contributed by atoms with Gasteiger partial charge in [0.25, 0.3) is 0 Å². The van der Waals surface area contributed by atoms with Crippen molar-refractivity contribution in [2.24, 2.45) is 10.9 Å². The van der Waals surface area contributed by atoms with Gasteiger partial charge in [-0.2, -0.15) is 0 Å². The van der Waals surface area contributed by atoms with Crippen molar-refractivity contribution in [1.29, 1.82) is 0 Å². The molecule has 1 unspecified atom stereocenters. The van der Waals surface area contributed by atoms with E-state index in [0.29, 0.717) is 19.5 Å². The lowest BCUT2D eigenvalue weighted by Gasteiger charge is -2.26. The Labute approximate surface area is 205 Å². The first-order valence-electron chi connectivity index (χ1n) is 11.4. The quantitative estimate of drug-likeness (QED) is 0.198. The van der Waals surface area contributed by atoms with Crippen molar-refractivity contribution < 1.29 is 14.3 Å². The molecule has 0 aromatic rings. The highest BCUT2D eigenvalue weighted by Gasteiger charge is 2.20. The first kappa shape index (κ1) is 29.7. The number of amides is 2. The normalized spacial score (nSPS) is 16.1. The fraction of sp³-hybridized carbons (Fsp3) is 0.864. The van der Waals surface area contributed by atoms with E-state index >= 15 is 0 Å². The van der Waals surface area contributed by atoms with Gasteiger partial charge in [-0.05, 0) is 52.9 Å². The Morgan fingerprint density at radius 3 is 2.61 bits per heavy atom. The Morgan fingerprint density at radius 2 is 1.97 bits per heavy atom. The zero-order valence-electron chi connectivity index (χ0n) is 20.3. The number of hydrogen-bond acceptors (Lipinski definition) is 4. The molecule has 1 saturated heterocycles. The minimum absolute atomic E-state index is 0. The summed E-state index contributed by atoms with van der Waals surface area (Å²) in [4.78, 5) is 32.4. The Balaban J connectivity index is 0.00000900. The minimum atomic E-state index is -0.493. The summed E-state index contributed by atoms with van der Waals surface area (Å²) < 4.78 is 5.39. The molecule has 1 rings (SSSR count). The number of halogens is 1. The molecule has 0 spiro atoms. The highest BCUT2D eigenvalue weighted by Crippen LogP contribution is 2.11. The molecule has 2 amide bonds. The zero-order chi connectivity index (χ0) is 22.6. The fourth-order valence-corrected chi connectivity index (χ4v) is 3.28. The maximum Gasteiger partial charge on any atom is 0.410 e. The molecule has 1 aliphatic heterocycles. The van der Waals surface area contributed by atoms with Crippen LogP contribution in [-0.4, -0.2) is 79.7 Å². The first-order chi connectivity index (χ1) is 14.1. The zero-order valence-corrected chi connectivity index (χ0v) is 22.7. The molecule has 1 fully saturated rings. The van der Waals surface area contributed by atoms with Crippen molar-refractivity contribution in [3.8, 4) is 0 Å². The smallest absolute Gasteiger partial charge is 0.410 e. The summed E-state index contributed by atoms with van der Waals surface area (Å²) in [5.41, 5.74) is -0.493. The standard InChI is InChI=1S/C22H43N5O3.HI/c1-7-23-20(24-13-11-15-27-14-10-8-9-12-19(27)28)25-16-18(2)17-26(6)21(29)30-22(3,4)5;/h18H,7-17H2,1-6H3,(H2,23,24,25);1H. The summed E-state index contributed by atoms with van der Waals surface area (Å²) in [6, 6.07) is 0. The number of rotatable bonds is 9. The summed E-state index contributed by atoms with van der Waals surface area (Å²) in [5, 5.41) is 6.60. The minimum Gasteiger partial charge on any atom is -0.444 e. The molecule has 1 aliphatic rings. The highest BCUT2D eigenvalue weighted by molar-refractivity contribution is 14.0. The van der Waals surface area contributed by atoms with Crippen LogP contribution in [0.3, 0.4) is 0 Å². The molecule has 9 heteroatoms. The van der Waals surface area contributed by atoms with E-state index < -0.39 is 5.60 Å². The fourth-order valence-electron chi connectivity index (χ4n) is 3.28. The van der Waals surface area contributed by atoms with Crippen molar-refractivity contribution in [2.75, 3.05) is 46.3 Å². The van der Waals surface area contributed by atoms with E-state index in [1.807, 2.05) is 32.6 Å². The molecule has 0 aromatic carbocycles. The molecule has 31 heavy (non-hydrogen) atoms. The lowest BCUT2D eigenvalue weighted by Crippen LogP contribution is -2.40. The van der Waals surface area contributed by atoms with E-state index in [2.05, 4.69) is 22.5 Å². The van der Waals surface area contributed by atoms with Gasteiger partial charge >= 0.3 is 6.09 Å². The monoisotopic (exact) mass is 553 g/mol. The molecule has 0 aliphatic carbocycles. The Bertz CT molecular complexity index is 566. The van der Waals surface area contributed by atoms with Crippen molar-refractivity contribution in [3.63, 3.8) is 0 Å². The molecule has 1 heterocycles. The third-order valence-corrected chi connectivity index (χ3v) is 4.76. The number of nitrogens with zero attached hydrogens (tertiary/aromatic N) is 3. The molecular formula is C22H44IN5O3. The lowest BCUT2D eigenvalue weighted by atomic mass is 10.2. The predicted octanol–water partition coefficient (Wildman–Crippen LogP) is 3.46.